The first kappa shape index (κ1) is 15.2. The molecule has 6 heteroatoms. The fourth-order valence-electron chi connectivity index (χ4n) is 1.74. The summed E-state index contributed by atoms with van der Waals surface area (Å²) in [6.07, 6.45) is 5.96. The van der Waals surface area contributed by atoms with Gasteiger partial charge in [-0.3, -0.25) is 0 Å². The fraction of sp³-hybridized carbons (Fsp3) is 0.500. The second-order valence-corrected chi connectivity index (χ2v) is 6.76. The SMILES string of the molecule is C#CCN(CCC)S(=O)(=O)c1c(C)csc1CN. The third-order valence-electron chi connectivity index (χ3n) is 2.51. The van der Waals surface area contributed by atoms with Gasteiger partial charge in [0.1, 0.15) is 4.90 Å². The van der Waals surface area contributed by atoms with Gasteiger partial charge in [-0.2, -0.15) is 4.31 Å². The van der Waals surface area contributed by atoms with E-state index in [4.69, 9.17) is 12.2 Å². The standard InChI is InChI=1S/C12H18N2O2S2/c1-4-6-14(7-5-2)18(15,16)12-10(3)9-17-11(12)8-13/h1,9H,5-8,13H2,2-3H3. The molecule has 1 aromatic heterocycles. The van der Waals surface area contributed by atoms with Gasteiger partial charge < -0.3 is 5.73 Å². The van der Waals surface area contributed by atoms with Crippen molar-refractivity contribution in [2.24, 2.45) is 5.73 Å². The molecule has 0 aliphatic carbocycles. The van der Waals surface area contributed by atoms with Crippen LogP contribution in [0.3, 0.4) is 0 Å². The molecular formula is C12H18N2O2S2. The van der Waals surface area contributed by atoms with Crippen molar-refractivity contribution in [3.63, 3.8) is 0 Å². The molecule has 0 unspecified atom stereocenters. The summed E-state index contributed by atoms with van der Waals surface area (Å²) >= 11 is 1.37. The average Bonchev–Trinajstić information content (AvgIpc) is 2.70. The highest BCUT2D eigenvalue weighted by atomic mass is 32.2. The Morgan fingerprint density at radius 2 is 2.22 bits per heavy atom. The number of terminal acetylenes is 1. The minimum atomic E-state index is -3.53. The monoisotopic (exact) mass is 286 g/mol. The first-order valence-electron chi connectivity index (χ1n) is 5.69. The molecule has 18 heavy (non-hydrogen) atoms. The lowest BCUT2D eigenvalue weighted by molar-refractivity contribution is 0.445. The molecule has 0 radical (unpaired) electrons. The number of nitrogens with two attached hydrogens (primary N) is 1. The summed E-state index contributed by atoms with van der Waals surface area (Å²) in [4.78, 5) is 1.02. The molecule has 0 aliphatic rings. The van der Waals surface area contributed by atoms with Crippen LogP contribution in [0.4, 0.5) is 0 Å². The van der Waals surface area contributed by atoms with E-state index in [1.54, 1.807) is 6.92 Å². The Labute approximate surface area is 113 Å². The van der Waals surface area contributed by atoms with Crippen molar-refractivity contribution in [1.82, 2.24) is 4.31 Å². The maximum Gasteiger partial charge on any atom is 0.245 e. The van der Waals surface area contributed by atoms with Gasteiger partial charge in [0.15, 0.2) is 0 Å². The van der Waals surface area contributed by atoms with Gasteiger partial charge in [-0.05, 0) is 24.3 Å². The maximum atomic E-state index is 12.6. The number of thiophene rings is 1. The molecule has 0 bridgehead atoms. The zero-order chi connectivity index (χ0) is 13.8. The Balaban J connectivity index is 3.26. The Morgan fingerprint density at radius 3 is 2.72 bits per heavy atom. The van der Waals surface area contributed by atoms with Gasteiger partial charge >= 0.3 is 0 Å². The summed E-state index contributed by atoms with van der Waals surface area (Å²) in [6.45, 7) is 4.44. The molecule has 2 N–H and O–H groups in total. The number of sulfonamides is 1. The Bertz CT molecular complexity index is 541. The van der Waals surface area contributed by atoms with Crippen molar-refractivity contribution in [3.05, 3.63) is 15.8 Å². The van der Waals surface area contributed by atoms with E-state index in [2.05, 4.69) is 5.92 Å². The van der Waals surface area contributed by atoms with Crippen molar-refractivity contribution >= 4 is 21.4 Å². The Kier molecular flexibility index (Phi) is 5.35. The van der Waals surface area contributed by atoms with Gasteiger partial charge in [-0.15, -0.1) is 17.8 Å². The first-order chi connectivity index (χ1) is 8.48. The number of hydrogen-bond donors (Lipinski definition) is 1. The number of hydrogen-bond acceptors (Lipinski definition) is 4. The zero-order valence-corrected chi connectivity index (χ0v) is 12.3. The topological polar surface area (TPSA) is 63.4 Å². The van der Waals surface area contributed by atoms with Crippen LogP contribution in [0, 0.1) is 19.3 Å². The predicted octanol–water partition coefficient (Wildman–Crippen LogP) is 1.55. The lowest BCUT2D eigenvalue weighted by Gasteiger charge is -2.20. The molecule has 1 aromatic rings. The molecule has 4 nitrogen and oxygen atoms in total. The zero-order valence-electron chi connectivity index (χ0n) is 10.6. The Morgan fingerprint density at radius 1 is 1.56 bits per heavy atom. The van der Waals surface area contributed by atoms with E-state index in [0.717, 1.165) is 12.0 Å². The molecule has 0 atom stereocenters. The van der Waals surface area contributed by atoms with Crippen molar-refractivity contribution in [1.29, 1.82) is 0 Å². The molecule has 0 fully saturated rings. The molecule has 0 amide bonds. The summed E-state index contributed by atoms with van der Waals surface area (Å²) < 4.78 is 26.4. The van der Waals surface area contributed by atoms with Crippen LogP contribution < -0.4 is 5.73 Å². The van der Waals surface area contributed by atoms with Crippen LogP contribution >= 0.6 is 11.3 Å². The molecular weight excluding hydrogens is 268 g/mol. The van der Waals surface area contributed by atoms with Crippen molar-refractivity contribution < 1.29 is 8.42 Å². The third-order valence-corrected chi connectivity index (χ3v) is 5.85. The second kappa shape index (κ2) is 6.34. The number of nitrogens with zero attached hydrogens (tertiary/aromatic N) is 1. The van der Waals surface area contributed by atoms with E-state index in [-0.39, 0.29) is 13.1 Å². The van der Waals surface area contributed by atoms with Crippen LogP contribution in [0.25, 0.3) is 0 Å². The predicted molar refractivity (Wildman–Crippen MR) is 74.8 cm³/mol. The molecule has 1 rings (SSSR count). The summed E-state index contributed by atoms with van der Waals surface area (Å²) in [5.74, 6) is 2.40. The van der Waals surface area contributed by atoms with Crippen molar-refractivity contribution in [3.8, 4) is 12.3 Å². The minimum absolute atomic E-state index is 0.0927. The van der Waals surface area contributed by atoms with Gasteiger partial charge in [0.2, 0.25) is 10.0 Å². The molecule has 100 valence electrons. The van der Waals surface area contributed by atoms with Gasteiger partial charge in [0.05, 0.1) is 6.54 Å². The van der Waals surface area contributed by atoms with Crippen LogP contribution in [0.1, 0.15) is 23.8 Å². The van der Waals surface area contributed by atoms with E-state index in [9.17, 15) is 8.42 Å². The maximum absolute atomic E-state index is 12.6. The van der Waals surface area contributed by atoms with Gasteiger partial charge in [0, 0.05) is 18.0 Å². The van der Waals surface area contributed by atoms with Crippen molar-refractivity contribution in [2.45, 2.75) is 31.7 Å². The normalized spacial score (nSPS) is 11.7. The highest BCUT2D eigenvalue weighted by molar-refractivity contribution is 7.89. The lowest BCUT2D eigenvalue weighted by Crippen LogP contribution is -2.33. The summed E-state index contributed by atoms with van der Waals surface area (Å²) in [5, 5.41) is 1.81. The molecule has 0 aliphatic heterocycles. The summed E-state index contributed by atoms with van der Waals surface area (Å²) in [7, 11) is -3.53. The van der Waals surface area contributed by atoms with Gasteiger partial charge in [0.25, 0.3) is 0 Å². The van der Waals surface area contributed by atoms with E-state index >= 15 is 0 Å². The van der Waals surface area contributed by atoms with Crippen LogP contribution in [-0.2, 0) is 16.6 Å². The van der Waals surface area contributed by atoms with E-state index in [1.807, 2.05) is 12.3 Å². The summed E-state index contributed by atoms with van der Waals surface area (Å²) in [5.41, 5.74) is 6.33. The highest BCUT2D eigenvalue weighted by Crippen LogP contribution is 2.29. The quantitative estimate of drug-likeness (QED) is 0.807. The number of rotatable bonds is 6. The first-order valence-corrected chi connectivity index (χ1v) is 8.01. The molecule has 0 spiro atoms. The highest BCUT2D eigenvalue weighted by Gasteiger charge is 2.28. The molecule has 0 aromatic carbocycles. The second-order valence-electron chi connectivity index (χ2n) is 3.92. The van der Waals surface area contributed by atoms with Gasteiger partial charge in [-0.25, -0.2) is 8.42 Å². The van der Waals surface area contributed by atoms with Gasteiger partial charge in [-0.1, -0.05) is 12.8 Å². The fourth-order valence-corrected chi connectivity index (χ4v) is 4.84. The molecule has 0 saturated carbocycles. The lowest BCUT2D eigenvalue weighted by atomic mass is 10.3. The van der Waals surface area contributed by atoms with Crippen molar-refractivity contribution in [2.75, 3.05) is 13.1 Å². The smallest absolute Gasteiger partial charge is 0.245 e. The van der Waals surface area contributed by atoms with E-state index in [0.29, 0.717) is 16.3 Å². The Hall–Kier alpha value is -0.870. The minimum Gasteiger partial charge on any atom is -0.326 e. The largest absolute Gasteiger partial charge is 0.326 e. The van der Waals surface area contributed by atoms with Crippen LogP contribution in [-0.4, -0.2) is 25.8 Å². The van der Waals surface area contributed by atoms with E-state index in [1.165, 1.54) is 15.6 Å². The van der Waals surface area contributed by atoms with E-state index < -0.39 is 10.0 Å². The van der Waals surface area contributed by atoms with Crippen LogP contribution in [0.2, 0.25) is 0 Å². The van der Waals surface area contributed by atoms with Crippen LogP contribution in [0.15, 0.2) is 10.3 Å². The number of aryl methyl sites for hydroxylation is 1. The molecule has 1 heterocycles. The third kappa shape index (κ3) is 2.93. The average molecular weight is 286 g/mol. The molecule has 0 saturated heterocycles. The summed E-state index contributed by atoms with van der Waals surface area (Å²) in [6, 6.07) is 0. The van der Waals surface area contributed by atoms with Crippen LogP contribution in [0.5, 0.6) is 0 Å².